The summed E-state index contributed by atoms with van der Waals surface area (Å²) in [5.41, 5.74) is 3.67. The molecule has 0 spiro atoms. The van der Waals surface area contributed by atoms with Crippen LogP contribution in [0, 0.1) is 5.82 Å². The average molecular weight is 537 g/mol. The Bertz CT molecular complexity index is 1030. The molecule has 6 nitrogen and oxygen atoms in total. The SMILES string of the molecule is CCNC(=NCCc1c[nH]c2cc(F)ccc12)NCCc1cccc(C(=O)NC)c1.I. The van der Waals surface area contributed by atoms with E-state index in [0.717, 1.165) is 47.4 Å². The number of carbonyl (C=O) groups excluding carboxylic acids is 1. The Morgan fingerprint density at radius 2 is 1.97 bits per heavy atom. The highest BCUT2D eigenvalue weighted by Gasteiger charge is 2.06. The first-order valence-electron chi connectivity index (χ1n) is 10.2. The van der Waals surface area contributed by atoms with E-state index in [0.29, 0.717) is 18.7 Å². The number of aromatic amines is 1. The lowest BCUT2D eigenvalue weighted by Gasteiger charge is -2.11. The Hall–Kier alpha value is -2.62. The number of halogens is 2. The molecule has 3 aromatic rings. The van der Waals surface area contributed by atoms with Gasteiger partial charge in [-0.1, -0.05) is 12.1 Å². The van der Waals surface area contributed by atoms with Crippen LogP contribution in [0.15, 0.2) is 53.7 Å². The molecule has 4 N–H and O–H groups in total. The molecule has 0 saturated heterocycles. The van der Waals surface area contributed by atoms with Crippen LogP contribution in [-0.4, -0.2) is 43.5 Å². The molecule has 1 heterocycles. The van der Waals surface area contributed by atoms with Crippen LogP contribution >= 0.6 is 24.0 Å². The molecular weight excluding hydrogens is 508 g/mol. The standard InChI is InChI=1S/C23H28FN5O.HI/c1-3-26-23(27-11-9-16-5-4-6-17(13-16)22(30)25-2)28-12-10-18-15-29-21-14-19(24)7-8-20(18)21;/h4-8,13-15,29H,3,9-12H2,1-2H3,(H,25,30)(H2,26,27,28);1H. The summed E-state index contributed by atoms with van der Waals surface area (Å²) in [5, 5.41) is 10.3. The van der Waals surface area contributed by atoms with Gasteiger partial charge in [0, 0.05) is 49.3 Å². The van der Waals surface area contributed by atoms with Crippen LogP contribution in [0.25, 0.3) is 10.9 Å². The lowest BCUT2D eigenvalue weighted by Crippen LogP contribution is -2.38. The summed E-state index contributed by atoms with van der Waals surface area (Å²) in [5.74, 6) is 0.430. The lowest BCUT2D eigenvalue weighted by molar-refractivity contribution is 0.0963. The van der Waals surface area contributed by atoms with Crippen molar-refractivity contribution in [3.63, 3.8) is 0 Å². The Kier molecular flexibility index (Phi) is 9.77. The fourth-order valence-electron chi connectivity index (χ4n) is 3.33. The predicted molar refractivity (Wildman–Crippen MR) is 135 cm³/mol. The van der Waals surface area contributed by atoms with Crippen LogP contribution in [-0.2, 0) is 12.8 Å². The average Bonchev–Trinajstić information content (AvgIpc) is 3.15. The number of benzene rings is 2. The van der Waals surface area contributed by atoms with Crippen LogP contribution < -0.4 is 16.0 Å². The second-order valence-corrected chi connectivity index (χ2v) is 6.97. The number of rotatable bonds is 8. The molecule has 0 atom stereocenters. The number of hydrogen-bond acceptors (Lipinski definition) is 2. The van der Waals surface area contributed by atoms with Gasteiger partial charge in [-0.3, -0.25) is 9.79 Å². The van der Waals surface area contributed by atoms with Gasteiger partial charge in [0.2, 0.25) is 0 Å². The van der Waals surface area contributed by atoms with Gasteiger partial charge in [-0.05, 0) is 61.2 Å². The number of aromatic nitrogens is 1. The Morgan fingerprint density at radius 1 is 1.13 bits per heavy atom. The number of carbonyl (C=O) groups is 1. The van der Waals surface area contributed by atoms with Crippen LogP contribution in [0.4, 0.5) is 4.39 Å². The Morgan fingerprint density at radius 3 is 2.74 bits per heavy atom. The fourth-order valence-corrected chi connectivity index (χ4v) is 3.33. The van der Waals surface area contributed by atoms with E-state index in [1.165, 1.54) is 12.1 Å². The lowest BCUT2D eigenvalue weighted by atomic mass is 10.1. The van der Waals surface area contributed by atoms with E-state index in [1.54, 1.807) is 19.2 Å². The third-order valence-electron chi connectivity index (χ3n) is 4.85. The predicted octanol–water partition coefficient (Wildman–Crippen LogP) is 3.62. The summed E-state index contributed by atoms with van der Waals surface area (Å²) >= 11 is 0. The largest absolute Gasteiger partial charge is 0.361 e. The van der Waals surface area contributed by atoms with Gasteiger partial charge in [-0.25, -0.2) is 4.39 Å². The molecule has 3 rings (SSSR count). The maximum atomic E-state index is 13.3. The first kappa shape index (κ1) is 24.6. The number of hydrogen-bond donors (Lipinski definition) is 4. The summed E-state index contributed by atoms with van der Waals surface area (Å²) in [7, 11) is 1.63. The van der Waals surface area contributed by atoms with Gasteiger partial charge in [-0.2, -0.15) is 0 Å². The van der Waals surface area contributed by atoms with Crippen molar-refractivity contribution in [2.24, 2.45) is 4.99 Å². The van der Waals surface area contributed by atoms with E-state index in [-0.39, 0.29) is 35.7 Å². The highest BCUT2D eigenvalue weighted by molar-refractivity contribution is 14.0. The summed E-state index contributed by atoms with van der Waals surface area (Å²) in [4.78, 5) is 19.5. The van der Waals surface area contributed by atoms with Gasteiger partial charge in [0.1, 0.15) is 5.82 Å². The zero-order valence-corrected chi connectivity index (χ0v) is 20.1. The van der Waals surface area contributed by atoms with Crippen molar-refractivity contribution >= 4 is 46.7 Å². The smallest absolute Gasteiger partial charge is 0.251 e. The molecule has 8 heteroatoms. The normalized spacial score (nSPS) is 11.1. The van der Waals surface area contributed by atoms with Crippen molar-refractivity contribution in [2.45, 2.75) is 19.8 Å². The van der Waals surface area contributed by atoms with Crippen molar-refractivity contribution in [1.82, 2.24) is 20.9 Å². The minimum absolute atomic E-state index is 0. The van der Waals surface area contributed by atoms with E-state index >= 15 is 0 Å². The molecular formula is C23H29FIN5O. The molecule has 1 amide bonds. The topological polar surface area (TPSA) is 81.3 Å². The van der Waals surface area contributed by atoms with Crippen LogP contribution in [0.3, 0.4) is 0 Å². The monoisotopic (exact) mass is 537 g/mol. The first-order valence-corrected chi connectivity index (χ1v) is 10.2. The number of nitrogens with one attached hydrogen (secondary N) is 4. The Balaban J connectivity index is 0.00000341. The number of fused-ring (bicyclic) bond motifs is 1. The quantitative estimate of drug-likeness (QED) is 0.201. The molecule has 2 aromatic carbocycles. The van der Waals surface area contributed by atoms with Gasteiger partial charge in [0.15, 0.2) is 5.96 Å². The van der Waals surface area contributed by atoms with Crippen molar-refractivity contribution in [3.05, 3.63) is 71.2 Å². The molecule has 0 unspecified atom stereocenters. The van der Waals surface area contributed by atoms with E-state index in [9.17, 15) is 9.18 Å². The highest BCUT2D eigenvalue weighted by atomic mass is 127. The molecule has 0 radical (unpaired) electrons. The van der Waals surface area contributed by atoms with E-state index in [4.69, 9.17) is 0 Å². The van der Waals surface area contributed by atoms with Gasteiger partial charge < -0.3 is 20.9 Å². The molecule has 0 aliphatic carbocycles. The number of guanidine groups is 1. The van der Waals surface area contributed by atoms with Gasteiger partial charge in [-0.15, -0.1) is 24.0 Å². The molecule has 166 valence electrons. The summed E-state index contributed by atoms with van der Waals surface area (Å²) < 4.78 is 13.3. The molecule has 1 aromatic heterocycles. The minimum Gasteiger partial charge on any atom is -0.361 e. The maximum Gasteiger partial charge on any atom is 0.251 e. The summed E-state index contributed by atoms with van der Waals surface area (Å²) in [6, 6.07) is 12.4. The van der Waals surface area contributed by atoms with E-state index in [1.807, 2.05) is 31.3 Å². The zero-order valence-electron chi connectivity index (χ0n) is 17.8. The third-order valence-corrected chi connectivity index (χ3v) is 4.85. The number of aliphatic imine (C=N–C) groups is 1. The van der Waals surface area contributed by atoms with E-state index in [2.05, 4.69) is 25.9 Å². The van der Waals surface area contributed by atoms with Crippen molar-refractivity contribution in [3.8, 4) is 0 Å². The van der Waals surface area contributed by atoms with Crippen LogP contribution in [0.2, 0.25) is 0 Å². The van der Waals surface area contributed by atoms with Crippen molar-refractivity contribution < 1.29 is 9.18 Å². The van der Waals surface area contributed by atoms with Gasteiger partial charge in [0.05, 0.1) is 0 Å². The van der Waals surface area contributed by atoms with Gasteiger partial charge in [0.25, 0.3) is 5.91 Å². The van der Waals surface area contributed by atoms with Crippen LogP contribution in [0.5, 0.6) is 0 Å². The first-order chi connectivity index (χ1) is 14.6. The minimum atomic E-state index is -0.242. The fraction of sp³-hybridized carbons (Fsp3) is 0.304. The maximum absolute atomic E-state index is 13.3. The van der Waals surface area contributed by atoms with Crippen LogP contribution in [0.1, 0.15) is 28.4 Å². The molecule has 31 heavy (non-hydrogen) atoms. The summed E-state index contributed by atoms with van der Waals surface area (Å²) in [6.07, 6.45) is 3.46. The van der Waals surface area contributed by atoms with Crippen molar-refractivity contribution in [1.29, 1.82) is 0 Å². The summed E-state index contributed by atoms with van der Waals surface area (Å²) in [6.45, 7) is 4.11. The Labute approximate surface area is 199 Å². The number of amides is 1. The third kappa shape index (κ3) is 6.95. The molecule has 0 aliphatic heterocycles. The molecule has 0 aliphatic rings. The second kappa shape index (κ2) is 12.3. The number of H-pyrrole nitrogens is 1. The molecule has 0 saturated carbocycles. The molecule has 0 bridgehead atoms. The molecule has 0 fully saturated rings. The van der Waals surface area contributed by atoms with Crippen molar-refractivity contribution in [2.75, 3.05) is 26.7 Å². The highest BCUT2D eigenvalue weighted by Crippen LogP contribution is 2.19. The zero-order chi connectivity index (χ0) is 21.3. The number of nitrogens with zero attached hydrogens (tertiary/aromatic N) is 1. The van der Waals surface area contributed by atoms with Gasteiger partial charge >= 0.3 is 0 Å². The van der Waals surface area contributed by atoms with E-state index < -0.39 is 0 Å². The second-order valence-electron chi connectivity index (χ2n) is 6.97.